The molecule has 1 spiro atoms. The van der Waals surface area contributed by atoms with Crippen LogP contribution in [0.3, 0.4) is 0 Å². The number of nitrogens with one attached hydrogen (secondary N) is 2. The fourth-order valence-corrected chi connectivity index (χ4v) is 4.10. The predicted molar refractivity (Wildman–Crippen MR) is 96.6 cm³/mol. The molecule has 0 radical (unpaired) electrons. The number of aryl methyl sites for hydroxylation is 1. The van der Waals surface area contributed by atoms with E-state index in [1.807, 2.05) is 13.0 Å². The van der Waals surface area contributed by atoms with E-state index in [0.29, 0.717) is 19.2 Å². The number of aromatic nitrogens is 1. The second-order valence-corrected chi connectivity index (χ2v) is 7.16. The molecule has 2 fully saturated rings. The number of urea groups is 1. The second kappa shape index (κ2) is 8.04. The van der Waals surface area contributed by atoms with E-state index in [2.05, 4.69) is 10.6 Å². The summed E-state index contributed by atoms with van der Waals surface area (Å²) in [5, 5.41) is 6.07. The summed E-state index contributed by atoms with van der Waals surface area (Å²) in [6.07, 6.45) is 8.33. The smallest absolute Gasteiger partial charge is 0.315 e. The highest BCUT2D eigenvalue weighted by Gasteiger charge is 2.59. The molecule has 1 aromatic heterocycles. The Kier molecular flexibility index (Phi) is 5.78. The van der Waals surface area contributed by atoms with Crippen LogP contribution in [0.2, 0.25) is 0 Å². The minimum atomic E-state index is -0.0805. The van der Waals surface area contributed by atoms with E-state index < -0.39 is 0 Å². The van der Waals surface area contributed by atoms with Crippen molar-refractivity contribution in [1.29, 1.82) is 0 Å². The normalized spacial score (nSPS) is 23.6. The summed E-state index contributed by atoms with van der Waals surface area (Å²) in [5.74, 6) is 0. The van der Waals surface area contributed by atoms with Gasteiger partial charge in [-0.05, 0) is 45.1 Å². The fraction of sp³-hybridized carbons (Fsp3) is 0.684. The Morgan fingerprint density at radius 2 is 2.20 bits per heavy atom. The van der Waals surface area contributed by atoms with Crippen LogP contribution in [0.15, 0.2) is 29.2 Å². The van der Waals surface area contributed by atoms with E-state index in [0.717, 1.165) is 38.7 Å². The molecule has 1 aromatic rings. The Morgan fingerprint density at radius 3 is 2.88 bits per heavy atom. The molecule has 2 aliphatic rings. The van der Waals surface area contributed by atoms with Crippen molar-refractivity contribution in [3.05, 3.63) is 34.7 Å². The minimum Gasteiger partial charge on any atom is -0.378 e. The maximum atomic E-state index is 12.1. The standard InChI is InChI=1S/C19H29N3O3/c1-2-25-16-14-15(19(16)9-7-10-19)21-18(24)20-11-4-6-13-22-12-5-3-8-17(22)23/h3,5,8,12,15-16H,2,4,6-7,9-11,13-14H2,1H3,(H2,20,21,24)/t15-,16-/m0/s1. The summed E-state index contributed by atoms with van der Waals surface area (Å²) in [7, 11) is 0. The first kappa shape index (κ1) is 18.0. The second-order valence-electron chi connectivity index (χ2n) is 7.16. The van der Waals surface area contributed by atoms with Gasteiger partial charge in [0.2, 0.25) is 5.56 Å². The third-order valence-corrected chi connectivity index (χ3v) is 5.75. The van der Waals surface area contributed by atoms with Crippen LogP contribution in [0.25, 0.3) is 0 Å². The number of hydrogen-bond donors (Lipinski definition) is 2. The lowest BCUT2D eigenvalue weighted by atomic mass is 9.51. The zero-order valence-corrected chi connectivity index (χ0v) is 15.0. The summed E-state index contributed by atoms with van der Waals surface area (Å²) in [4.78, 5) is 23.7. The molecule has 0 aromatic carbocycles. The van der Waals surface area contributed by atoms with Crippen molar-refractivity contribution in [2.24, 2.45) is 5.41 Å². The summed E-state index contributed by atoms with van der Waals surface area (Å²) >= 11 is 0. The Hall–Kier alpha value is -1.82. The van der Waals surface area contributed by atoms with E-state index in [1.54, 1.807) is 22.9 Å². The van der Waals surface area contributed by atoms with Crippen LogP contribution in [0.1, 0.15) is 45.4 Å². The average molecular weight is 347 g/mol. The van der Waals surface area contributed by atoms with Crippen molar-refractivity contribution in [2.75, 3.05) is 13.2 Å². The van der Waals surface area contributed by atoms with Crippen molar-refractivity contribution in [1.82, 2.24) is 15.2 Å². The van der Waals surface area contributed by atoms with E-state index in [9.17, 15) is 9.59 Å². The van der Waals surface area contributed by atoms with Gasteiger partial charge in [-0.15, -0.1) is 0 Å². The van der Waals surface area contributed by atoms with E-state index in [4.69, 9.17) is 4.74 Å². The Balaban J connectivity index is 1.32. The molecule has 6 nitrogen and oxygen atoms in total. The van der Waals surface area contributed by atoms with Crippen LogP contribution in [-0.4, -0.2) is 35.9 Å². The third-order valence-electron chi connectivity index (χ3n) is 5.75. The largest absolute Gasteiger partial charge is 0.378 e. The van der Waals surface area contributed by atoms with Gasteiger partial charge < -0.3 is 19.9 Å². The summed E-state index contributed by atoms with van der Waals surface area (Å²) in [5.41, 5.74) is 0.217. The zero-order valence-electron chi connectivity index (χ0n) is 15.0. The molecular weight excluding hydrogens is 318 g/mol. The third kappa shape index (κ3) is 3.89. The molecule has 3 rings (SSSR count). The lowest BCUT2D eigenvalue weighted by Crippen LogP contribution is -2.68. The SMILES string of the molecule is CCO[C@H]1C[C@H](NC(=O)NCCCCn2ccccc2=O)C12CCC2. The molecule has 2 aliphatic carbocycles. The molecule has 2 amide bonds. The van der Waals surface area contributed by atoms with Crippen LogP contribution in [0.5, 0.6) is 0 Å². The molecule has 2 atom stereocenters. The van der Waals surface area contributed by atoms with Crippen molar-refractivity contribution in [2.45, 2.75) is 64.1 Å². The van der Waals surface area contributed by atoms with Crippen molar-refractivity contribution in [3.8, 4) is 0 Å². The highest BCUT2D eigenvalue weighted by Crippen LogP contribution is 2.57. The molecule has 138 valence electrons. The van der Waals surface area contributed by atoms with Crippen LogP contribution in [0, 0.1) is 5.41 Å². The molecule has 1 heterocycles. The Morgan fingerprint density at radius 1 is 1.36 bits per heavy atom. The number of nitrogens with zero attached hydrogens (tertiary/aromatic N) is 1. The fourth-order valence-electron chi connectivity index (χ4n) is 4.10. The van der Waals surface area contributed by atoms with Gasteiger partial charge in [0.15, 0.2) is 0 Å². The number of carbonyl (C=O) groups is 1. The van der Waals surface area contributed by atoms with E-state index >= 15 is 0 Å². The topological polar surface area (TPSA) is 72.4 Å². The average Bonchev–Trinajstić information content (AvgIpc) is 2.53. The quantitative estimate of drug-likeness (QED) is 0.709. The van der Waals surface area contributed by atoms with Gasteiger partial charge in [0, 0.05) is 43.4 Å². The van der Waals surface area contributed by atoms with Crippen LogP contribution in [0.4, 0.5) is 4.79 Å². The number of carbonyl (C=O) groups excluding carboxylic acids is 1. The Labute approximate surface area is 148 Å². The van der Waals surface area contributed by atoms with Gasteiger partial charge in [-0.25, -0.2) is 4.79 Å². The van der Waals surface area contributed by atoms with Crippen molar-refractivity contribution < 1.29 is 9.53 Å². The first-order valence-electron chi connectivity index (χ1n) is 9.47. The van der Waals surface area contributed by atoms with E-state index in [-0.39, 0.29) is 23.0 Å². The Bertz CT molecular complexity index is 639. The lowest BCUT2D eigenvalue weighted by molar-refractivity contribution is -0.169. The predicted octanol–water partition coefficient (Wildman–Crippen LogP) is 2.28. The van der Waals surface area contributed by atoms with Gasteiger partial charge in [-0.3, -0.25) is 4.79 Å². The number of amides is 2. The monoisotopic (exact) mass is 347 g/mol. The molecule has 6 heteroatoms. The lowest BCUT2D eigenvalue weighted by Gasteiger charge is -2.60. The van der Waals surface area contributed by atoms with Crippen LogP contribution in [-0.2, 0) is 11.3 Å². The maximum Gasteiger partial charge on any atom is 0.315 e. The summed E-state index contributed by atoms with van der Waals surface area (Å²) in [6, 6.07) is 5.34. The molecule has 0 aliphatic heterocycles. The number of unbranched alkanes of at least 4 members (excludes halogenated alkanes) is 1. The summed E-state index contributed by atoms with van der Waals surface area (Å²) < 4.78 is 7.51. The molecule has 0 saturated heterocycles. The van der Waals surface area contributed by atoms with Gasteiger partial charge in [0.25, 0.3) is 0 Å². The van der Waals surface area contributed by atoms with Gasteiger partial charge in [0.1, 0.15) is 0 Å². The molecule has 0 bridgehead atoms. The minimum absolute atomic E-state index is 0.0211. The first-order chi connectivity index (χ1) is 12.2. The highest BCUT2D eigenvalue weighted by atomic mass is 16.5. The van der Waals surface area contributed by atoms with Crippen molar-refractivity contribution in [3.63, 3.8) is 0 Å². The zero-order chi connectivity index (χ0) is 17.7. The summed E-state index contributed by atoms with van der Waals surface area (Å²) in [6.45, 7) is 4.09. The highest BCUT2D eigenvalue weighted by molar-refractivity contribution is 5.74. The van der Waals surface area contributed by atoms with Crippen LogP contribution < -0.4 is 16.2 Å². The van der Waals surface area contributed by atoms with Gasteiger partial charge in [-0.1, -0.05) is 12.5 Å². The molecule has 2 saturated carbocycles. The number of rotatable bonds is 8. The van der Waals surface area contributed by atoms with Crippen molar-refractivity contribution >= 4 is 6.03 Å². The van der Waals surface area contributed by atoms with Gasteiger partial charge >= 0.3 is 6.03 Å². The molecule has 25 heavy (non-hydrogen) atoms. The molecule has 0 unspecified atom stereocenters. The van der Waals surface area contributed by atoms with Gasteiger partial charge in [-0.2, -0.15) is 0 Å². The van der Waals surface area contributed by atoms with Crippen LogP contribution >= 0.6 is 0 Å². The molecule has 2 N–H and O–H groups in total. The maximum absolute atomic E-state index is 12.1. The van der Waals surface area contributed by atoms with Gasteiger partial charge in [0.05, 0.1) is 6.10 Å². The van der Waals surface area contributed by atoms with E-state index in [1.165, 1.54) is 6.42 Å². The first-order valence-corrected chi connectivity index (χ1v) is 9.47. The number of ether oxygens (including phenoxy) is 1. The number of hydrogen-bond acceptors (Lipinski definition) is 3. The number of pyridine rings is 1. The molecular formula is C19H29N3O3.